The first-order valence-corrected chi connectivity index (χ1v) is 10.1. The summed E-state index contributed by atoms with van der Waals surface area (Å²) in [5.41, 5.74) is 1.18. The quantitative estimate of drug-likeness (QED) is 0.678. The van der Waals surface area contributed by atoms with Gasteiger partial charge in [0.25, 0.3) is 0 Å². The van der Waals surface area contributed by atoms with E-state index in [1.165, 1.54) is 10.4 Å². The second-order valence-corrected chi connectivity index (χ2v) is 7.53. The number of para-hydroxylation sites is 1. The van der Waals surface area contributed by atoms with Gasteiger partial charge in [0.15, 0.2) is 0 Å². The highest BCUT2D eigenvalue weighted by atomic mass is 32.1. The van der Waals surface area contributed by atoms with E-state index >= 15 is 0 Å². The molecule has 0 radical (unpaired) electrons. The van der Waals surface area contributed by atoms with E-state index in [0.717, 1.165) is 38.5 Å². The molecule has 1 aromatic carbocycles. The van der Waals surface area contributed by atoms with E-state index in [-0.39, 0.29) is 0 Å². The number of hydrogen-bond donors (Lipinski definition) is 1. The van der Waals surface area contributed by atoms with Crippen molar-refractivity contribution in [1.82, 2.24) is 10.2 Å². The zero-order valence-electron chi connectivity index (χ0n) is 15.4. The molecule has 0 amide bonds. The zero-order valence-corrected chi connectivity index (χ0v) is 16.2. The molecule has 5 heteroatoms. The van der Waals surface area contributed by atoms with Crippen molar-refractivity contribution in [2.24, 2.45) is 0 Å². The molecule has 26 heavy (non-hydrogen) atoms. The molecule has 1 saturated heterocycles. The molecule has 3 rings (SSSR count). The van der Waals surface area contributed by atoms with Crippen LogP contribution < -0.4 is 10.1 Å². The number of rotatable bonds is 9. The smallest absolute Gasteiger partial charge is 0.124 e. The fourth-order valence-corrected chi connectivity index (χ4v) is 4.16. The van der Waals surface area contributed by atoms with Gasteiger partial charge in [0, 0.05) is 36.6 Å². The third kappa shape index (κ3) is 5.17. The van der Waals surface area contributed by atoms with Gasteiger partial charge >= 0.3 is 0 Å². The lowest BCUT2D eigenvalue weighted by molar-refractivity contribution is -0.0339. The minimum atomic E-state index is 0.291. The van der Waals surface area contributed by atoms with Crippen molar-refractivity contribution < 1.29 is 9.47 Å². The Morgan fingerprint density at radius 2 is 2.27 bits per heavy atom. The normalized spacial score (nSPS) is 19.2. The van der Waals surface area contributed by atoms with Crippen molar-refractivity contribution in [3.8, 4) is 5.75 Å². The van der Waals surface area contributed by atoms with Crippen LogP contribution in [0.1, 0.15) is 23.4 Å². The molecule has 2 unspecified atom stereocenters. The minimum Gasteiger partial charge on any atom is -0.489 e. The Kier molecular flexibility index (Phi) is 7.26. The van der Waals surface area contributed by atoms with E-state index in [2.05, 4.69) is 53.4 Å². The fourth-order valence-electron chi connectivity index (χ4n) is 3.30. The molecule has 0 spiro atoms. The Balaban J connectivity index is 1.62. The highest BCUT2D eigenvalue weighted by molar-refractivity contribution is 7.10. The lowest BCUT2D eigenvalue weighted by Crippen LogP contribution is -2.45. The largest absolute Gasteiger partial charge is 0.489 e. The minimum absolute atomic E-state index is 0.291. The second kappa shape index (κ2) is 9.88. The molecule has 1 aromatic heterocycles. The van der Waals surface area contributed by atoms with Crippen molar-refractivity contribution in [2.75, 3.05) is 32.8 Å². The number of hydrogen-bond acceptors (Lipinski definition) is 5. The molecule has 4 nitrogen and oxygen atoms in total. The summed E-state index contributed by atoms with van der Waals surface area (Å²) in [4.78, 5) is 3.94. The summed E-state index contributed by atoms with van der Waals surface area (Å²) in [7, 11) is 0. The van der Waals surface area contributed by atoms with Crippen molar-refractivity contribution in [3.05, 3.63) is 64.9 Å². The van der Waals surface area contributed by atoms with Crippen LogP contribution in [0.25, 0.3) is 0 Å². The van der Waals surface area contributed by atoms with Gasteiger partial charge in [-0.2, -0.15) is 0 Å². The van der Waals surface area contributed by atoms with Gasteiger partial charge in [-0.05, 0) is 24.4 Å². The van der Waals surface area contributed by atoms with Crippen LogP contribution in [-0.2, 0) is 11.3 Å². The average molecular weight is 373 g/mol. The molecule has 1 aliphatic heterocycles. The molecule has 0 aliphatic carbocycles. The van der Waals surface area contributed by atoms with Gasteiger partial charge in [-0.25, -0.2) is 0 Å². The zero-order chi connectivity index (χ0) is 18.2. The Morgan fingerprint density at radius 1 is 1.38 bits per heavy atom. The summed E-state index contributed by atoms with van der Waals surface area (Å²) in [5.74, 6) is 0.924. The average Bonchev–Trinajstić information content (AvgIpc) is 3.18. The van der Waals surface area contributed by atoms with E-state index < -0.39 is 0 Å². The van der Waals surface area contributed by atoms with E-state index in [0.29, 0.717) is 18.8 Å². The number of thiophene rings is 1. The van der Waals surface area contributed by atoms with Crippen molar-refractivity contribution in [1.29, 1.82) is 0 Å². The van der Waals surface area contributed by atoms with Gasteiger partial charge in [0.05, 0.1) is 18.8 Å². The third-order valence-electron chi connectivity index (χ3n) is 4.57. The first-order chi connectivity index (χ1) is 12.8. The molecule has 2 aromatic rings. The maximum atomic E-state index is 5.76. The van der Waals surface area contributed by atoms with Gasteiger partial charge in [-0.1, -0.05) is 36.9 Å². The predicted octanol–water partition coefficient (Wildman–Crippen LogP) is 3.86. The number of nitrogens with zero attached hydrogens (tertiary/aromatic N) is 1. The second-order valence-electron chi connectivity index (χ2n) is 6.55. The molecule has 1 N–H and O–H groups in total. The van der Waals surface area contributed by atoms with E-state index in [1.807, 2.05) is 23.5 Å². The van der Waals surface area contributed by atoms with E-state index in [9.17, 15) is 0 Å². The molecular formula is C21H28N2O2S. The number of benzene rings is 1. The lowest BCUT2D eigenvalue weighted by Gasteiger charge is -2.37. The molecule has 0 bridgehead atoms. The summed E-state index contributed by atoms with van der Waals surface area (Å²) in [6.07, 6.45) is 2.07. The van der Waals surface area contributed by atoms with Crippen LogP contribution >= 0.6 is 11.3 Å². The van der Waals surface area contributed by atoms with Gasteiger partial charge in [-0.3, -0.25) is 4.90 Å². The van der Waals surface area contributed by atoms with Crippen LogP contribution in [0.2, 0.25) is 0 Å². The number of nitrogens with one attached hydrogen (secondary N) is 1. The van der Waals surface area contributed by atoms with Crippen molar-refractivity contribution in [2.45, 2.75) is 25.6 Å². The van der Waals surface area contributed by atoms with Crippen LogP contribution in [0.5, 0.6) is 5.75 Å². The first kappa shape index (κ1) is 19.1. The van der Waals surface area contributed by atoms with Crippen LogP contribution in [0.3, 0.4) is 0 Å². The highest BCUT2D eigenvalue weighted by Crippen LogP contribution is 2.27. The summed E-state index contributed by atoms with van der Waals surface area (Å²) in [6.45, 7) is 10.9. The van der Waals surface area contributed by atoms with Crippen LogP contribution in [-0.4, -0.2) is 43.9 Å². The number of morpholine rings is 1. The highest BCUT2D eigenvalue weighted by Gasteiger charge is 2.26. The Labute approximate surface area is 160 Å². The van der Waals surface area contributed by atoms with Crippen LogP contribution in [0.4, 0.5) is 0 Å². The molecule has 0 saturated carbocycles. The fraction of sp³-hybridized carbons (Fsp3) is 0.429. The van der Waals surface area contributed by atoms with Gasteiger partial charge < -0.3 is 14.8 Å². The summed E-state index contributed by atoms with van der Waals surface area (Å²) in [6, 6.07) is 12.9. The number of ether oxygens (including phenoxy) is 2. The molecular weight excluding hydrogens is 344 g/mol. The molecule has 2 heterocycles. The molecule has 1 aliphatic rings. The standard InChI is InChI=1S/C21H28N2O2S/c1-3-11-25-20-8-5-4-7-18(20)14-22-15-19(21-9-6-13-26-21)23-10-12-24-17(2)16-23/h3-9,13,17,19,22H,1,10-12,14-16H2,2H3. The van der Waals surface area contributed by atoms with Crippen LogP contribution in [0, 0.1) is 0 Å². The molecule has 140 valence electrons. The monoisotopic (exact) mass is 372 g/mol. The summed E-state index contributed by atoms with van der Waals surface area (Å²) in [5, 5.41) is 5.79. The van der Waals surface area contributed by atoms with Gasteiger partial charge in [0.1, 0.15) is 12.4 Å². The molecule has 1 fully saturated rings. The third-order valence-corrected chi connectivity index (χ3v) is 5.54. The Hall–Kier alpha value is -1.66. The predicted molar refractivity (Wildman–Crippen MR) is 108 cm³/mol. The van der Waals surface area contributed by atoms with Gasteiger partial charge in [-0.15, -0.1) is 11.3 Å². The van der Waals surface area contributed by atoms with E-state index in [4.69, 9.17) is 9.47 Å². The first-order valence-electron chi connectivity index (χ1n) is 9.19. The van der Waals surface area contributed by atoms with E-state index in [1.54, 1.807) is 6.08 Å². The SMILES string of the molecule is C=CCOc1ccccc1CNCC(c1cccs1)N1CCOC(C)C1. The Morgan fingerprint density at radius 3 is 3.04 bits per heavy atom. The van der Waals surface area contributed by atoms with Gasteiger partial charge in [0.2, 0.25) is 0 Å². The van der Waals surface area contributed by atoms with Crippen LogP contribution in [0.15, 0.2) is 54.4 Å². The van der Waals surface area contributed by atoms with Crippen molar-refractivity contribution >= 4 is 11.3 Å². The summed E-state index contributed by atoms with van der Waals surface area (Å²) < 4.78 is 11.5. The van der Waals surface area contributed by atoms with Crippen molar-refractivity contribution in [3.63, 3.8) is 0 Å². The Bertz CT molecular complexity index is 674. The maximum Gasteiger partial charge on any atom is 0.124 e. The summed E-state index contributed by atoms with van der Waals surface area (Å²) >= 11 is 1.83. The lowest BCUT2D eigenvalue weighted by atomic mass is 10.1. The maximum absolute atomic E-state index is 5.76. The molecule has 2 atom stereocenters. The topological polar surface area (TPSA) is 33.7 Å².